The summed E-state index contributed by atoms with van der Waals surface area (Å²) >= 11 is 0. The van der Waals surface area contributed by atoms with Crippen LogP contribution in [0, 0.1) is 5.92 Å². The van der Waals surface area contributed by atoms with E-state index in [1.807, 2.05) is 50.2 Å². The number of carbonyl (C=O) groups is 2. The van der Waals surface area contributed by atoms with Crippen molar-refractivity contribution in [3.05, 3.63) is 64.8 Å². The fourth-order valence-corrected chi connectivity index (χ4v) is 4.94. The molecule has 3 aromatic heterocycles. The number of rotatable bonds is 6. The monoisotopic (exact) mass is 490 g/mol. The number of amides is 2. The number of pyridine rings is 1. The van der Waals surface area contributed by atoms with Crippen LogP contribution in [0.15, 0.2) is 53.6 Å². The van der Waals surface area contributed by atoms with E-state index < -0.39 is 12.1 Å². The van der Waals surface area contributed by atoms with Gasteiger partial charge in [-0.3, -0.25) is 9.36 Å². The number of aromatic amines is 2. The molecule has 0 spiro atoms. The number of fused-ring (bicyclic) bond motifs is 3. The van der Waals surface area contributed by atoms with Gasteiger partial charge >= 0.3 is 11.8 Å². The second kappa shape index (κ2) is 9.88. The van der Waals surface area contributed by atoms with Gasteiger partial charge < -0.3 is 24.9 Å². The molecule has 10 heteroatoms. The summed E-state index contributed by atoms with van der Waals surface area (Å²) in [5.74, 6) is -0.309. The highest BCUT2D eigenvalue weighted by Crippen LogP contribution is 2.28. The molecular formula is C26H30N6O4. The van der Waals surface area contributed by atoms with Crippen LogP contribution >= 0.6 is 0 Å². The Labute approximate surface area is 207 Å². The third-order valence-electron chi connectivity index (χ3n) is 6.75. The molecule has 10 nitrogen and oxygen atoms in total. The van der Waals surface area contributed by atoms with E-state index in [-0.39, 0.29) is 30.2 Å². The van der Waals surface area contributed by atoms with Gasteiger partial charge in [0.15, 0.2) is 0 Å². The molecule has 4 aromatic rings. The first kappa shape index (κ1) is 23.7. The second-order valence-corrected chi connectivity index (χ2v) is 9.57. The molecular weight excluding hydrogens is 460 g/mol. The van der Waals surface area contributed by atoms with E-state index in [0.29, 0.717) is 24.3 Å². The van der Waals surface area contributed by atoms with E-state index in [0.717, 1.165) is 29.3 Å². The maximum atomic E-state index is 13.5. The molecule has 1 aromatic carbocycles. The van der Waals surface area contributed by atoms with Crippen molar-refractivity contribution >= 4 is 34.1 Å². The predicted octanol–water partition coefficient (Wildman–Crippen LogP) is 3.32. The van der Waals surface area contributed by atoms with Crippen molar-refractivity contribution in [1.82, 2.24) is 29.7 Å². The molecule has 5 rings (SSSR count). The van der Waals surface area contributed by atoms with Gasteiger partial charge in [0.1, 0.15) is 18.3 Å². The van der Waals surface area contributed by atoms with E-state index in [9.17, 15) is 14.4 Å². The zero-order valence-electron chi connectivity index (χ0n) is 20.4. The van der Waals surface area contributed by atoms with Crippen LogP contribution in [0.1, 0.15) is 38.3 Å². The molecule has 36 heavy (non-hydrogen) atoms. The first-order chi connectivity index (χ1) is 17.4. The summed E-state index contributed by atoms with van der Waals surface area (Å²) in [6.07, 6.45) is 4.34. The van der Waals surface area contributed by atoms with E-state index in [1.165, 1.54) is 0 Å². The molecule has 0 bridgehead atoms. The fraction of sp³-hybridized carbons (Fsp3) is 0.385. The minimum atomic E-state index is -0.729. The maximum Gasteiger partial charge on any atom is 0.408 e. The third-order valence-corrected chi connectivity index (χ3v) is 6.75. The molecule has 2 atom stereocenters. The SMILES string of the molecule is CC(C)[C@@H](NC(=O)OCc1ccccc1)C(=O)N1CCC[C@@H](n2c(=O)[nH]c3cnc4[nH]ccc4c32)C1. The fourth-order valence-electron chi connectivity index (χ4n) is 4.94. The number of hydrogen-bond donors (Lipinski definition) is 3. The van der Waals surface area contributed by atoms with Crippen molar-refractivity contribution < 1.29 is 14.3 Å². The Morgan fingerprint density at radius 3 is 2.81 bits per heavy atom. The Morgan fingerprint density at radius 2 is 2.03 bits per heavy atom. The van der Waals surface area contributed by atoms with Crippen molar-refractivity contribution in [3.63, 3.8) is 0 Å². The van der Waals surface area contributed by atoms with Crippen LogP contribution in [0.5, 0.6) is 0 Å². The lowest BCUT2D eigenvalue weighted by Gasteiger charge is -2.36. The van der Waals surface area contributed by atoms with Crippen LogP contribution in [-0.4, -0.2) is 55.6 Å². The summed E-state index contributed by atoms with van der Waals surface area (Å²) < 4.78 is 7.09. The van der Waals surface area contributed by atoms with Crippen molar-refractivity contribution in [2.75, 3.05) is 13.1 Å². The lowest BCUT2D eigenvalue weighted by Crippen LogP contribution is -2.54. The number of ether oxygens (including phenoxy) is 1. The van der Waals surface area contributed by atoms with Gasteiger partial charge in [-0.1, -0.05) is 44.2 Å². The molecule has 1 aliphatic heterocycles. The van der Waals surface area contributed by atoms with Gasteiger partial charge in [-0.2, -0.15) is 0 Å². The van der Waals surface area contributed by atoms with Crippen LogP contribution in [-0.2, 0) is 16.1 Å². The molecule has 1 saturated heterocycles. The van der Waals surface area contributed by atoms with Crippen LogP contribution in [0.2, 0.25) is 0 Å². The van der Waals surface area contributed by atoms with Gasteiger partial charge in [0, 0.05) is 24.7 Å². The predicted molar refractivity (Wildman–Crippen MR) is 135 cm³/mol. The minimum absolute atomic E-state index is 0.128. The van der Waals surface area contributed by atoms with E-state index in [4.69, 9.17) is 4.74 Å². The second-order valence-electron chi connectivity index (χ2n) is 9.57. The number of alkyl carbamates (subject to hydrolysis) is 1. The smallest absolute Gasteiger partial charge is 0.408 e. The Bertz CT molecular complexity index is 1440. The Hall–Kier alpha value is -4.08. The maximum absolute atomic E-state index is 13.5. The van der Waals surface area contributed by atoms with Gasteiger partial charge in [0.05, 0.1) is 23.3 Å². The quantitative estimate of drug-likeness (QED) is 0.382. The van der Waals surface area contributed by atoms with Crippen LogP contribution in [0.25, 0.3) is 22.1 Å². The van der Waals surface area contributed by atoms with E-state index in [1.54, 1.807) is 21.9 Å². The highest BCUT2D eigenvalue weighted by Gasteiger charge is 2.33. The number of hydrogen-bond acceptors (Lipinski definition) is 5. The Balaban J connectivity index is 1.32. The number of benzene rings is 1. The lowest BCUT2D eigenvalue weighted by molar-refractivity contribution is -0.136. The highest BCUT2D eigenvalue weighted by molar-refractivity contribution is 6.01. The molecule has 0 aliphatic carbocycles. The zero-order valence-corrected chi connectivity index (χ0v) is 20.4. The summed E-state index contributed by atoms with van der Waals surface area (Å²) in [6, 6.07) is 10.4. The molecule has 2 amide bonds. The standard InChI is InChI=1S/C26H30N6O4/c1-16(2)21(30-26(35)36-15-17-7-4-3-5-8-17)24(33)31-12-6-9-18(14-31)32-22-19-10-11-27-23(19)28-13-20(22)29-25(32)34/h3-5,7-8,10-11,13,16,18,21H,6,9,12,14-15H2,1-2H3,(H,27,28)(H,29,34)(H,30,35)/t18-,21-/m1/s1. The molecule has 0 unspecified atom stereocenters. The highest BCUT2D eigenvalue weighted by atomic mass is 16.5. The van der Waals surface area contributed by atoms with Crippen LogP contribution in [0.3, 0.4) is 0 Å². The lowest BCUT2D eigenvalue weighted by atomic mass is 9.99. The molecule has 3 N–H and O–H groups in total. The van der Waals surface area contributed by atoms with Gasteiger partial charge in [-0.25, -0.2) is 14.6 Å². The summed E-state index contributed by atoms with van der Waals surface area (Å²) in [7, 11) is 0. The van der Waals surface area contributed by atoms with Gasteiger partial charge in [0.2, 0.25) is 5.91 Å². The molecule has 4 heterocycles. The number of imidazole rings is 1. The van der Waals surface area contributed by atoms with Crippen molar-refractivity contribution in [1.29, 1.82) is 0 Å². The topological polar surface area (TPSA) is 125 Å². The summed E-state index contributed by atoms with van der Waals surface area (Å²) in [4.78, 5) is 51.1. The zero-order chi connectivity index (χ0) is 25.2. The number of H-pyrrole nitrogens is 2. The summed E-state index contributed by atoms with van der Waals surface area (Å²) in [6.45, 7) is 4.85. The van der Waals surface area contributed by atoms with Gasteiger partial charge in [-0.05, 0) is 30.4 Å². The number of nitrogens with one attached hydrogen (secondary N) is 3. The Morgan fingerprint density at radius 1 is 1.22 bits per heavy atom. The summed E-state index contributed by atoms with van der Waals surface area (Å²) in [5.41, 5.74) is 2.81. The third kappa shape index (κ3) is 4.58. The average Bonchev–Trinajstić information content (AvgIpc) is 3.49. The van der Waals surface area contributed by atoms with Crippen molar-refractivity contribution in [3.8, 4) is 0 Å². The first-order valence-electron chi connectivity index (χ1n) is 12.2. The number of nitrogens with zero attached hydrogens (tertiary/aromatic N) is 3. The molecule has 1 aliphatic rings. The Kier molecular flexibility index (Phi) is 6.49. The van der Waals surface area contributed by atoms with Gasteiger partial charge in [-0.15, -0.1) is 0 Å². The summed E-state index contributed by atoms with van der Waals surface area (Å²) in [5, 5.41) is 3.61. The molecule has 1 fully saturated rings. The molecule has 0 saturated carbocycles. The first-order valence-corrected chi connectivity index (χ1v) is 12.2. The van der Waals surface area contributed by atoms with E-state index >= 15 is 0 Å². The molecule has 188 valence electrons. The largest absolute Gasteiger partial charge is 0.445 e. The van der Waals surface area contributed by atoms with E-state index in [2.05, 4.69) is 20.3 Å². The number of likely N-dealkylation sites (tertiary alicyclic amines) is 1. The number of carbonyl (C=O) groups excluding carboxylic acids is 2. The number of piperidine rings is 1. The van der Waals surface area contributed by atoms with Crippen molar-refractivity contribution in [2.45, 2.75) is 45.4 Å². The normalized spacial score (nSPS) is 17.0. The molecule has 0 radical (unpaired) electrons. The average molecular weight is 491 g/mol. The van der Waals surface area contributed by atoms with Crippen molar-refractivity contribution in [2.24, 2.45) is 5.92 Å². The van der Waals surface area contributed by atoms with Crippen LogP contribution < -0.4 is 11.0 Å². The number of aromatic nitrogens is 4. The van der Waals surface area contributed by atoms with Gasteiger partial charge in [0.25, 0.3) is 0 Å². The minimum Gasteiger partial charge on any atom is -0.445 e. The van der Waals surface area contributed by atoms with Crippen LogP contribution in [0.4, 0.5) is 4.79 Å².